The van der Waals surface area contributed by atoms with E-state index in [0.29, 0.717) is 34.9 Å². The molecule has 0 spiro atoms. The summed E-state index contributed by atoms with van der Waals surface area (Å²) in [4.78, 5) is 24.4. The third-order valence-corrected chi connectivity index (χ3v) is 5.09. The van der Waals surface area contributed by atoms with E-state index in [0.717, 1.165) is 19.3 Å². The van der Waals surface area contributed by atoms with Gasteiger partial charge in [-0.15, -0.1) is 0 Å². The molecule has 1 aromatic rings. The monoisotopic (exact) mass is 404 g/mol. The average Bonchev–Trinajstić information content (AvgIpc) is 3.16. The van der Waals surface area contributed by atoms with Crippen molar-refractivity contribution in [2.45, 2.75) is 50.7 Å². The highest BCUT2D eigenvalue weighted by Gasteiger charge is 2.35. The number of rotatable bonds is 5. The van der Waals surface area contributed by atoms with Crippen molar-refractivity contribution in [3.8, 4) is 17.6 Å². The molecule has 1 aliphatic carbocycles. The summed E-state index contributed by atoms with van der Waals surface area (Å²) in [5, 5.41) is 12.6. The van der Waals surface area contributed by atoms with E-state index in [1.165, 1.54) is 19.1 Å². The Morgan fingerprint density at radius 3 is 2.79 bits per heavy atom. The van der Waals surface area contributed by atoms with E-state index in [1.54, 1.807) is 12.1 Å². The van der Waals surface area contributed by atoms with E-state index >= 15 is 0 Å². The van der Waals surface area contributed by atoms with Gasteiger partial charge in [-0.05, 0) is 43.5 Å². The smallest absolute Gasteiger partial charge is 0.331 e. The zero-order chi connectivity index (χ0) is 20.1. The SMILES string of the molecule is C[C@H](OC(=O)/C=C/c1cc(Cl)c2c(c1)OCO2)C(=O)NC1(C#N)CCCCC1. The zero-order valence-corrected chi connectivity index (χ0v) is 16.3. The van der Waals surface area contributed by atoms with Crippen LogP contribution in [0.5, 0.6) is 11.5 Å². The minimum absolute atomic E-state index is 0.0983. The Balaban J connectivity index is 1.57. The molecule has 148 valence electrons. The first-order valence-corrected chi connectivity index (χ1v) is 9.51. The van der Waals surface area contributed by atoms with Crippen LogP contribution in [0.3, 0.4) is 0 Å². The van der Waals surface area contributed by atoms with Crippen LogP contribution in [0.25, 0.3) is 6.08 Å². The minimum atomic E-state index is -1.01. The van der Waals surface area contributed by atoms with Crippen LogP contribution >= 0.6 is 11.6 Å². The lowest BCUT2D eigenvalue weighted by molar-refractivity contribution is -0.150. The van der Waals surface area contributed by atoms with E-state index < -0.39 is 23.5 Å². The van der Waals surface area contributed by atoms with Crippen LogP contribution in [-0.4, -0.2) is 30.3 Å². The first-order chi connectivity index (χ1) is 13.4. The van der Waals surface area contributed by atoms with Crippen molar-refractivity contribution in [1.29, 1.82) is 5.26 Å². The first-order valence-electron chi connectivity index (χ1n) is 9.13. The first kappa shape index (κ1) is 20.0. The quantitative estimate of drug-likeness (QED) is 0.597. The molecule has 3 rings (SSSR count). The lowest BCUT2D eigenvalue weighted by atomic mass is 9.83. The van der Waals surface area contributed by atoms with E-state index in [-0.39, 0.29) is 6.79 Å². The Morgan fingerprint density at radius 2 is 2.07 bits per heavy atom. The maximum Gasteiger partial charge on any atom is 0.331 e. The molecule has 2 aliphatic rings. The third kappa shape index (κ3) is 4.57. The molecule has 8 heteroatoms. The van der Waals surface area contributed by atoms with Gasteiger partial charge in [0.05, 0.1) is 11.1 Å². The Labute approximate surface area is 168 Å². The summed E-state index contributed by atoms with van der Waals surface area (Å²) in [5.41, 5.74) is -0.233. The molecule has 1 amide bonds. The largest absolute Gasteiger partial charge is 0.454 e. The van der Waals surface area contributed by atoms with Gasteiger partial charge in [0.1, 0.15) is 5.54 Å². The zero-order valence-electron chi connectivity index (χ0n) is 15.5. The number of halogens is 1. The van der Waals surface area contributed by atoms with Gasteiger partial charge in [-0.25, -0.2) is 4.79 Å². The number of nitrogens with one attached hydrogen (secondary N) is 1. The molecule has 0 aromatic heterocycles. The summed E-state index contributed by atoms with van der Waals surface area (Å²) in [7, 11) is 0. The number of nitrogens with zero attached hydrogens (tertiary/aromatic N) is 1. The van der Waals surface area contributed by atoms with Crippen molar-refractivity contribution in [3.63, 3.8) is 0 Å². The maximum absolute atomic E-state index is 12.3. The van der Waals surface area contributed by atoms with Gasteiger partial charge < -0.3 is 19.5 Å². The predicted octanol–water partition coefficient (Wildman–Crippen LogP) is 3.36. The van der Waals surface area contributed by atoms with E-state index in [1.807, 2.05) is 0 Å². The number of benzene rings is 1. The average molecular weight is 405 g/mol. The summed E-state index contributed by atoms with van der Waals surface area (Å²) in [6, 6.07) is 5.53. The molecule has 7 nitrogen and oxygen atoms in total. The van der Waals surface area contributed by atoms with Crippen molar-refractivity contribution >= 4 is 29.6 Å². The molecule has 1 saturated carbocycles. The van der Waals surface area contributed by atoms with Gasteiger partial charge in [0.25, 0.3) is 5.91 Å². The highest BCUT2D eigenvalue weighted by molar-refractivity contribution is 6.32. The van der Waals surface area contributed by atoms with E-state index in [2.05, 4.69) is 11.4 Å². The molecule has 1 N–H and O–H groups in total. The number of esters is 1. The van der Waals surface area contributed by atoms with Gasteiger partial charge >= 0.3 is 5.97 Å². The van der Waals surface area contributed by atoms with Crippen LogP contribution in [-0.2, 0) is 14.3 Å². The normalized spacial score (nSPS) is 18.3. The topological polar surface area (TPSA) is 97.7 Å². The number of amides is 1. The van der Waals surface area contributed by atoms with Gasteiger partial charge in [0.2, 0.25) is 6.79 Å². The highest BCUT2D eigenvalue weighted by Crippen LogP contribution is 2.40. The second-order valence-electron chi connectivity index (χ2n) is 6.89. The third-order valence-electron chi connectivity index (χ3n) is 4.81. The number of fused-ring (bicyclic) bond motifs is 1. The van der Waals surface area contributed by atoms with Crippen LogP contribution in [0.1, 0.15) is 44.6 Å². The maximum atomic E-state index is 12.3. The molecule has 0 radical (unpaired) electrons. The van der Waals surface area contributed by atoms with Crippen molar-refractivity contribution in [2.24, 2.45) is 0 Å². The van der Waals surface area contributed by atoms with Crippen LogP contribution < -0.4 is 14.8 Å². The minimum Gasteiger partial charge on any atom is -0.454 e. The van der Waals surface area contributed by atoms with Crippen LogP contribution in [0, 0.1) is 11.3 Å². The van der Waals surface area contributed by atoms with Gasteiger partial charge in [0, 0.05) is 6.08 Å². The number of hydrogen-bond donors (Lipinski definition) is 1. The van der Waals surface area contributed by atoms with Crippen LogP contribution in [0.2, 0.25) is 5.02 Å². The number of ether oxygens (including phenoxy) is 3. The number of nitriles is 1. The lowest BCUT2D eigenvalue weighted by Crippen LogP contribution is -2.52. The Hall–Kier alpha value is -2.72. The van der Waals surface area contributed by atoms with Crippen molar-refractivity contribution in [1.82, 2.24) is 5.32 Å². The number of carbonyl (C=O) groups is 2. The number of carbonyl (C=O) groups excluding carboxylic acids is 2. The molecule has 0 saturated heterocycles. The standard InChI is InChI=1S/C20H21ClN2O5/c1-13(19(25)23-20(11-22)7-3-2-4-8-20)28-17(24)6-5-14-9-15(21)18-16(10-14)26-12-27-18/h5-6,9-10,13H,2-4,7-8,12H2,1H3,(H,23,25)/b6-5+/t13-/m0/s1. The van der Waals surface area contributed by atoms with Crippen molar-refractivity contribution in [2.75, 3.05) is 6.79 Å². The molecule has 0 unspecified atom stereocenters. The molecule has 1 fully saturated rings. The van der Waals surface area contributed by atoms with Gasteiger partial charge in [-0.3, -0.25) is 4.79 Å². The van der Waals surface area contributed by atoms with Gasteiger partial charge in [-0.2, -0.15) is 5.26 Å². The summed E-state index contributed by atoms with van der Waals surface area (Å²) < 4.78 is 15.7. The fraction of sp³-hybridized carbons (Fsp3) is 0.450. The molecular formula is C20H21ClN2O5. The second-order valence-corrected chi connectivity index (χ2v) is 7.30. The Morgan fingerprint density at radius 1 is 1.32 bits per heavy atom. The second kappa shape index (κ2) is 8.53. The summed E-state index contributed by atoms with van der Waals surface area (Å²) in [6.07, 6.45) is 5.77. The van der Waals surface area contributed by atoms with E-state index in [9.17, 15) is 14.9 Å². The molecular weight excluding hydrogens is 384 g/mol. The molecule has 28 heavy (non-hydrogen) atoms. The van der Waals surface area contributed by atoms with Crippen molar-refractivity contribution < 1.29 is 23.8 Å². The summed E-state index contributed by atoms with van der Waals surface area (Å²) in [6.45, 7) is 1.58. The van der Waals surface area contributed by atoms with Gasteiger partial charge in [-0.1, -0.05) is 30.9 Å². The molecule has 1 aromatic carbocycles. The van der Waals surface area contributed by atoms with E-state index in [4.69, 9.17) is 25.8 Å². The highest BCUT2D eigenvalue weighted by atomic mass is 35.5. The Bertz CT molecular complexity index is 840. The predicted molar refractivity (Wildman–Crippen MR) is 102 cm³/mol. The van der Waals surface area contributed by atoms with Gasteiger partial charge in [0.15, 0.2) is 17.6 Å². The van der Waals surface area contributed by atoms with Crippen molar-refractivity contribution in [3.05, 3.63) is 28.8 Å². The number of hydrogen-bond acceptors (Lipinski definition) is 6. The lowest BCUT2D eigenvalue weighted by Gasteiger charge is -2.32. The fourth-order valence-corrected chi connectivity index (χ4v) is 3.55. The molecule has 0 bridgehead atoms. The summed E-state index contributed by atoms with van der Waals surface area (Å²) in [5.74, 6) is -0.175. The summed E-state index contributed by atoms with van der Waals surface area (Å²) >= 11 is 6.10. The van der Waals surface area contributed by atoms with Crippen LogP contribution in [0.15, 0.2) is 18.2 Å². The fourth-order valence-electron chi connectivity index (χ4n) is 3.27. The Kier molecular flexibility index (Phi) is 6.10. The molecule has 1 aliphatic heterocycles. The van der Waals surface area contributed by atoms with Crippen LogP contribution in [0.4, 0.5) is 0 Å². The molecule has 1 atom stereocenters. The molecule has 1 heterocycles.